The topological polar surface area (TPSA) is 66.6 Å². The maximum atomic E-state index is 10.5. The molecule has 0 spiro atoms. The van der Waals surface area contributed by atoms with Gasteiger partial charge in [0, 0.05) is 19.2 Å². The molecule has 0 aliphatic carbocycles. The van der Waals surface area contributed by atoms with Crippen LogP contribution in [0.25, 0.3) is 0 Å². The fourth-order valence-corrected chi connectivity index (χ4v) is 2.03. The van der Waals surface area contributed by atoms with E-state index in [9.17, 15) is 15.2 Å². The van der Waals surface area contributed by atoms with E-state index in [1.54, 1.807) is 6.07 Å². The van der Waals surface area contributed by atoms with E-state index in [4.69, 9.17) is 0 Å². The molecule has 86 valence electrons. The zero-order chi connectivity index (χ0) is 11.5. The lowest BCUT2D eigenvalue weighted by Gasteiger charge is -2.29. The summed E-state index contributed by atoms with van der Waals surface area (Å²) in [4.78, 5) is 12.1. The molecule has 0 saturated carbocycles. The van der Waals surface area contributed by atoms with Crippen molar-refractivity contribution in [2.75, 3.05) is 18.0 Å². The molecule has 0 radical (unpaired) electrons. The lowest BCUT2D eigenvalue weighted by atomic mass is 10.1. The molecule has 0 bridgehead atoms. The minimum absolute atomic E-state index is 0.00361. The molecular formula is C11H14N2O3. The van der Waals surface area contributed by atoms with Crippen LogP contribution in [0.4, 0.5) is 11.4 Å². The number of piperidine rings is 1. The fourth-order valence-electron chi connectivity index (χ4n) is 2.03. The van der Waals surface area contributed by atoms with E-state index in [0.717, 1.165) is 25.9 Å². The van der Waals surface area contributed by atoms with Crippen molar-refractivity contribution in [1.29, 1.82) is 0 Å². The first-order valence-electron chi connectivity index (χ1n) is 5.41. The third kappa shape index (κ3) is 2.08. The summed E-state index contributed by atoms with van der Waals surface area (Å²) in [7, 11) is 0. The molecule has 0 atom stereocenters. The Kier molecular flexibility index (Phi) is 2.94. The Balaban J connectivity index is 2.24. The Morgan fingerprint density at radius 3 is 2.50 bits per heavy atom. The highest BCUT2D eigenvalue weighted by Gasteiger charge is 2.16. The molecule has 1 aromatic rings. The van der Waals surface area contributed by atoms with Crippen LogP contribution in [0.3, 0.4) is 0 Å². The molecule has 1 aliphatic heterocycles. The van der Waals surface area contributed by atoms with Gasteiger partial charge in [-0.25, -0.2) is 0 Å². The highest BCUT2D eigenvalue weighted by Crippen LogP contribution is 2.32. The molecule has 16 heavy (non-hydrogen) atoms. The molecule has 1 aliphatic rings. The highest BCUT2D eigenvalue weighted by atomic mass is 16.6. The van der Waals surface area contributed by atoms with Crippen molar-refractivity contribution in [3.8, 4) is 5.75 Å². The van der Waals surface area contributed by atoms with Crippen LogP contribution in [-0.2, 0) is 0 Å². The monoisotopic (exact) mass is 222 g/mol. The average molecular weight is 222 g/mol. The number of non-ortho nitro benzene ring substituents is 1. The maximum Gasteiger partial charge on any atom is 0.273 e. The van der Waals surface area contributed by atoms with Gasteiger partial charge in [0.25, 0.3) is 5.69 Å². The van der Waals surface area contributed by atoms with Gasteiger partial charge in [0.15, 0.2) is 0 Å². The minimum atomic E-state index is -0.500. The molecule has 1 saturated heterocycles. The number of phenolic OH excluding ortho intramolecular Hbond substituents is 1. The normalized spacial score (nSPS) is 16.1. The van der Waals surface area contributed by atoms with Crippen LogP contribution in [0.2, 0.25) is 0 Å². The average Bonchev–Trinajstić information content (AvgIpc) is 2.30. The second-order valence-corrected chi connectivity index (χ2v) is 3.98. The lowest BCUT2D eigenvalue weighted by molar-refractivity contribution is -0.384. The lowest BCUT2D eigenvalue weighted by Crippen LogP contribution is -2.29. The largest absolute Gasteiger partial charge is 0.506 e. The van der Waals surface area contributed by atoms with Crippen molar-refractivity contribution >= 4 is 11.4 Å². The first-order chi connectivity index (χ1) is 7.68. The molecular weight excluding hydrogens is 208 g/mol. The van der Waals surface area contributed by atoms with Crippen LogP contribution in [0.5, 0.6) is 5.75 Å². The number of nitrogens with zero attached hydrogens (tertiary/aromatic N) is 2. The smallest absolute Gasteiger partial charge is 0.273 e. The number of rotatable bonds is 2. The van der Waals surface area contributed by atoms with Crippen molar-refractivity contribution < 1.29 is 10.0 Å². The summed E-state index contributed by atoms with van der Waals surface area (Å²) in [5.41, 5.74) is 0.628. The van der Waals surface area contributed by atoms with Gasteiger partial charge in [-0.3, -0.25) is 10.1 Å². The van der Waals surface area contributed by atoms with Crippen LogP contribution in [-0.4, -0.2) is 23.1 Å². The third-order valence-electron chi connectivity index (χ3n) is 2.87. The highest BCUT2D eigenvalue weighted by molar-refractivity contribution is 5.61. The summed E-state index contributed by atoms with van der Waals surface area (Å²) >= 11 is 0. The Morgan fingerprint density at radius 2 is 1.94 bits per heavy atom. The summed E-state index contributed by atoms with van der Waals surface area (Å²) in [5.74, 6) is -0.00361. The number of hydrogen-bond donors (Lipinski definition) is 1. The van der Waals surface area contributed by atoms with Crippen molar-refractivity contribution in [3.63, 3.8) is 0 Å². The molecule has 1 fully saturated rings. The number of phenols is 1. The summed E-state index contributed by atoms with van der Waals surface area (Å²) in [5, 5.41) is 20.3. The maximum absolute atomic E-state index is 10.5. The zero-order valence-corrected chi connectivity index (χ0v) is 8.93. The van der Waals surface area contributed by atoms with Crippen LogP contribution in [0, 0.1) is 10.1 Å². The first-order valence-corrected chi connectivity index (χ1v) is 5.41. The van der Waals surface area contributed by atoms with E-state index >= 15 is 0 Å². The van der Waals surface area contributed by atoms with E-state index in [1.807, 2.05) is 0 Å². The van der Waals surface area contributed by atoms with Crippen molar-refractivity contribution in [2.24, 2.45) is 0 Å². The van der Waals surface area contributed by atoms with E-state index in [0.29, 0.717) is 5.69 Å². The number of anilines is 1. The Labute approximate surface area is 93.5 Å². The van der Waals surface area contributed by atoms with E-state index in [-0.39, 0.29) is 11.4 Å². The summed E-state index contributed by atoms with van der Waals surface area (Å²) in [6, 6.07) is 4.27. The Bertz CT molecular complexity index is 400. The van der Waals surface area contributed by atoms with Gasteiger partial charge < -0.3 is 10.0 Å². The summed E-state index contributed by atoms with van der Waals surface area (Å²) in [6.07, 6.45) is 3.43. The predicted molar refractivity (Wildman–Crippen MR) is 60.8 cm³/mol. The van der Waals surface area contributed by atoms with Gasteiger partial charge in [-0.05, 0) is 25.3 Å². The van der Waals surface area contributed by atoms with Crippen molar-refractivity contribution in [2.45, 2.75) is 19.3 Å². The van der Waals surface area contributed by atoms with Crippen LogP contribution in [0.1, 0.15) is 19.3 Å². The van der Waals surface area contributed by atoms with E-state index < -0.39 is 4.92 Å². The van der Waals surface area contributed by atoms with Gasteiger partial charge in [-0.2, -0.15) is 0 Å². The molecule has 0 aromatic heterocycles. The number of benzene rings is 1. The van der Waals surface area contributed by atoms with Crippen LogP contribution in [0.15, 0.2) is 18.2 Å². The molecule has 5 heteroatoms. The molecule has 2 rings (SSSR count). The predicted octanol–water partition coefficient (Wildman–Crippen LogP) is 2.29. The van der Waals surface area contributed by atoms with Gasteiger partial charge >= 0.3 is 0 Å². The molecule has 1 heterocycles. The SMILES string of the molecule is O=[N+]([O-])c1ccc(N2CCCCC2)c(O)c1. The quantitative estimate of drug-likeness (QED) is 0.615. The third-order valence-corrected chi connectivity index (χ3v) is 2.87. The van der Waals surface area contributed by atoms with Gasteiger partial charge in [0.1, 0.15) is 5.75 Å². The van der Waals surface area contributed by atoms with Gasteiger partial charge in [-0.15, -0.1) is 0 Å². The first kappa shape index (κ1) is 10.7. The second kappa shape index (κ2) is 4.38. The van der Waals surface area contributed by atoms with Crippen LogP contribution >= 0.6 is 0 Å². The fraction of sp³-hybridized carbons (Fsp3) is 0.455. The number of nitro groups is 1. The van der Waals surface area contributed by atoms with Gasteiger partial charge in [0.2, 0.25) is 0 Å². The van der Waals surface area contributed by atoms with E-state index in [1.165, 1.54) is 18.6 Å². The van der Waals surface area contributed by atoms with Crippen LogP contribution < -0.4 is 4.90 Å². The molecule has 1 aromatic carbocycles. The van der Waals surface area contributed by atoms with Gasteiger partial charge in [0.05, 0.1) is 16.7 Å². The minimum Gasteiger partial charge on any atom is -0.506 e. The Hall–Kier alpha value is -1.78. The summed E-state index contributed by atoms with van der Waals surface area (Å²) in [6.45, 7) is 1.82. The number of nitro benzene ring substituents is 1. The molecule has 5 nitrogen and oxygen atoms in total. The van der Waals surface area contributed by atoms with Crippen molar-refractivity contribution in [3.05, 3.63) is 28.3 Å². The zero-order valence-electron chi connectivity index (χ0n) is 8.93. The molecule has 1 N–H and O–H groups in total. The molecule has 0 amide bonds. The number of aromatic hydroxyl groups is 1. The molecule has 0 unspecified atom stereocenters. The van der Waals surface area contributed by atoms with E-state index in [2.05, 4.69) is 4.90 Å². The van der Waals surface area contributed by atoms with Gasteiger partial charge in [-0.1, -0.05) is 0 Å². The van der Waals surface area contributed by atoms with Crippen molar-refractivity contribution in [1.82, 2.24) is 0 Å². The number of hydrogen-bond acceptors (Lipinski definition) is 4. The standard InChI is InChI=1S/C11H14N2O3/c14-11-8-9(13(15)16)4-5-10(11)12-6-2-1-3-7-12/h4-5,8,14H,1-3,6-7H2. The Morgan fingerprint density at radius 1 is 1.25 bits per heavy atom. The second-order valence-electron chi connectivity index (χ2n) is 3.98. The summed E-state index contributed by atoms with van der Waals surface area (Å²) < 4.78 is 0.